The van der Waals surface area contributed by atoms with E-state index in [9.17, 15) is 9.59 Å². The van der Waals surface area contributed by atoms with Crippen molar-refractivity contribution in [2.75, 3.05) is 13.7 Å². The van der Waals surface area contributed by atoms with E-state index in [0.717, 1.165) is 12.8 Å². The third-order valence-electron chi connectivity index (χ3n) is 3.62. The lowest BCUT2D eigenvalue weighted by Gasteiger charge is -2.45. The summed E-state index contributed by atoms with van der Waals surface area (Å²) in [6.07, 6.45) is 2.32. The van der Waals surface area contributed by atoms with Crippen LogP contribution < -0.4 is 5.32 Å². The van der Waals surface area contributed by atoms with E-state index in [1.165, 1.54) is 0 Å². The van der Waals surface area contributed by atoms with Gasteiger partial charge in [0, 0.05) is 19.8 Å². The average Bonchev–Trinajstić information content (AvgIpc) is 2.33. The van der Waals surface area contributed by atoms with Gasteiger partial charge in [0.2, 0.25) is 11.8 Å². The van der Waals surface area contributed by atoms with Gasteiger partial charge in [0.15, 0.2) is 0 Å². The first-order valence-corrected chi connectivity index (χ1v) is 6.98. The first-order valence-electron chi connectivity index (χ1n) is 6.98. The third kappa shape index (κ3) is 3.47. The Morgan fingerprint density at radius 3 is 2.58 bits per heavy atom. The molecule has 1 aliphatic heterocycles. The van der Waals surface area contributed by atoms with Gasteiger partial charge in [0.1, 0.15) is 11.6 Å². The number of piperazine rings is 1. The predicted molar refractivity (Wildman–Crippen MR) is 73.7 cm³/mol. The zero-order chi connectivity index (χ0) is 14.6. The molecule has 0 aromatic heterocycles. The Balaban J connectivity index is 2.95. The molecule has 2 amide bonds. The molecule has 0 aliphatic carbocycles. The Morgan fingerprint density at radius 1 is 1.42 bits per heavy atom. The van der Waals surface area contributed by atoms with Crippen LogP contribution in [0, 0.1) is 0 Å². The maximum absolute atomic E-state index is 12.6. The molecule has 0 radical (unpaired) electrons. The summed E-state index contributed by atoms with van der Waals surface area (Å²) in [5.74, 6) is -0.0510. The summed E-state index contributed by atoms with van der Waals surface area (Å²) >= 11 is 0. The largest absolute Gasteiger partial charge is 0.385 e. The predicted octanol–water partition coefficient (Wildman–Crippen LogP) is 1.32. The fourth-order valence-corrected chi connectivity index (χ4v) is 2.51. The van der Waals surface area contributed by atoms with E-state index < -0.39 is 5.54 Å². The highest BCUT2D eigenvalue weighted by Gasteiger charge is 2.46. The molecule has 1 fully saturated rings. The fourth-order valence-electron chi connectivity index (χ4n) is 2.51. The van der Waals surface area contributed by atoms with E-state index >= 15 is 0 Å². The van der Waals surface area contributed by atoms with Crippen LogP contribution >= 0.6 is 0 Å². The number of nitrogens with one attached hydrogen (secondary N) is 1. The van der Waals surface area contributed by atoms with Crippen molar-refractivity contribution in [3.05, 3.63) is 0 Å². The molecule has 2 atom stereocenters. The average molecular weight is 270 g/mol. The molecular formula is C14H26N2O3. The molecule has 0 bridgehead atoms. The van der Waals surface area contributed by atoms with Crippen molar-refractivity contribution >= 4 is 11.8 Å². The van der Waals surface area contributed by atoms with Crippen LogP contribution in [0.15, 0.2) is 0 Å². The molecule has 0 aromatic rings. The highest BCUT2D eigenvalue weighted by atomic mass is 16.5. The summed E-state index contributed by atoms with van der Waals surface area (Å²) < 4.78 is 5.07. The lowest BCUT2D eigenvalue weighted by molar-refractivity contribution is -0.156. The molecule has 1 aliphatic rings. The Kier molecular flexibility index (Phi) is 5.35. The Labute approximate surface area is 115 Å². The topological polar surface area (TPSA) is 58.6 Å². The van der Waals surface area contributed by atoms with Crippen LogP contribution in [0.1, 0.15) is 47.0 Å². The smallest absolute Gasteiger partial charge is 0.248 e. The number of rotatable bonds is 6. The minimum absolute atomic E-state index is 0.00541. The SMILES string of the molecule is CCCC1C(=O)NC(C)(C)C(=O)N1C(C)CCOC. The molecule has 0 spiro atoms. The lowest BCUT2D eigenvalue weighted by atomic mass is 9.93. The normalized spacial score (nSPS) is 24.3. The first kappa shape index (κ1) is 16.0. The Hall–Kier alpha value is -1.10. The summed E-state index contributed by atoms with van der Waals surface area (Å²) in [5.41, 5.74) is -0.817. The van der Waals surface area contributed by atoms with Gasteiger partial charge < -0.3 is 15.0 Å². The van der Waals surface area contributed by atoms with E-state index in [0.29, 0.717) is 13.0 Å². The van der Waals surface area contributed by atoms with E-state index in [1.807, 2.05) is 13.8 Å². The van der Waals surface area contributed by atoms with Crippen molar-refractivity contribution in [3.8, 4) is 0 Å². The number of hydrogen-bond acceptors (Lipinski definition) is 3. The second-order valence-corrected chi connectivity index (χ2v) is 5.76. The molecule has 5 heteroatoms. The number of carbonyl (C=O) groups is 2. The summed E-state index contributed by atoms with van der Waals surface area (Å²) in [6.45, 7) is 8.10. The van der Waals surface area contributed by atoms with Crippen LogP contribution in [0.3, 0.4) is 0 Å². The van der Waals surface area contributed by atoms with Gasteiger partial charge in [-0.25, -0.2) is 0 Å². The van der Waals surface area contributed by atoms with Crippen LogP contribution in [-0.2, 0) is 14.3 Å². The molecule has 1 N–H and O–H groups in total. The first-order chi connectivity index (χ1) is 8.85. The molecule has 5 nitrogen and oxygen atoms in total. The summed E-state index contributed by atoms with van der Waals surface area (Å²) in [4.78, 5) is 26.5. The van der Waals surface area contributed by atoms with Crippen molar-refractivity contribution in [2.45, 2.75) is 64.6 Å². The molecule has 2 unspecified atom stereocenters. The summed E-state index contributed by atoms with van der Waals surface area (Å²) in [7, 11) is 1.64. The van der Waals surface area contributed by atoms with Gasteiger partial charge in [-0.1, -0.05) is 13.3 Å². The van der Waals surface area contributed by atoms with Gasteiger partial charge in [-0.3, -0.25) is 9.59 Å². The van der Waals surface area contributed by atoms with Gasteiger partial charge in [-0.15, -0.1) is 0 Å². The van der Waals surface area contributed by atoms with E-state index in [4.69, 9.17) is 4.74 Å². The fraction of sp³-hybridized carbons (Fsp3) is 0.857. The zero-order valence-electron chi connectivity index (χ0n) is 12.7. The van der Waals surface area contributed by atoms with E-state index in [-0.39, 0.29) is 23.9 Å². The van der Waals surface area contributed by atoms with Crippen molar-refractivity contribution in [3.63, 3.8) is 0 Å². The zero-order valence-corrected chi connectivity index (χ0v) is 12.7. The molecular weight excluding hydrogens is 244 g/mol. The van der Waals surface area contributed by atoms with Crippen molar-refractivity contribution < 1.29 is 14.3 Å². The van der Waals surface area contributed by atoms with E-state index in [2.05, 4.69) is 5.32 Å². The number of ether oxygens (including phenoxy) is 1. The van der Waals surface area contributed by atoms with Crippen molar-refractivity contribution in [1.29, 1.82) is 0 Å². The summed E-state index contributed by atoms with van der Waals surface area (Å²) in [5, 5.41) is 2.82. The quantitative estimate of drug-likeness (QED) is 0.792. The van der Waals surface area contributed by atoms with Crippen LogP contribution in [0.5, 0.6) is 0 Å². The van der Waals surface area contributed by atoms with Crippen LogP contribution in [0.4, 0.5) is 0 Å². The molecule has 1 saturated heterocycles. The lowest BCUT2D eigenvalue weighted by Crippen LogP contribution is -2.69. The van der Waals surface area contributed by atoms with Gasteiger partial charge >= 0.3 is 0 Å². The highest BCUT2D eigenvalue weighted by molar-refractivity contribution is 5.99. The molecule has 0 aromatic carbocycles. The maximum atomic E-state index is 12.6. The second-order valence-electron chi connectivity index (χ2n) is 5.76. The van der Waals surface area contributed by atoms with Gasteiger partial charge in [0.05, 0.1) is 0 Å². The molecule has 0 saturated carbocycles. The van der Waals surface area contributed by atoms with Gasteiger partial charge in [0.25, 0.3) is 0 Å². The number of hydrogen-bond donors (Lipinski definition) is 1. The summed E-state index contributed by atoms with van der Waals surface area (Å²) in [6, 6.07) is -0.341. The van der Waals surface area contributed by atoms with Crippen LogP contribution in [-0.4, -0.2) is 48.1 Å². The third-order valence-corrected chi connectivity index (χ3v) is 3.62. The number of amides is 2. The Bertz CT molecular complexity index is 342. The van der Waals surface area contributed by atoms with Crippen molar-refractivity contribution in [1.82, 2.24) is 10.2 Å². The number of nitrogens with zero attached hydrogens (tertiary/aromatic N) is 1. The Morgan fingerprint density at radius 2 is 2.05 bits per heavy atom. The number of methoxy groups -OCH3 is 1. The maximum Gasteiger partial charge on any atom is 0.248 e. The van der Waals surface area contributed by atoms with Gasteiger partial charge in [-0.2, -0.15) is 0 Å². The van der Waals surface area contributed by atoms with Crippen LogP contribution in [0.25, 0.3) is 0 Å². The van der Waals surface area contributed by atoms with Crippen LogP contribution in [0.2, 0.25) is 0 Å². The number of carbonyl (C=O) groups excluding carboxylic acids is 2. The highest BCUT2D eigenvalue weighted by Crippen LogP contribution is 2.24. The second kappa shape index (κ2) is 6.37. The molecule has 110 valence electrons. The monoisotopic (exact) mass is 270 g/mol. The molecule has 1 rings (SSSR count). The minimum atomic E-state index is -0.817. The minimum Gasteiger partial charge on any atom is -0.385 e. The van der Waals surface area contributed by atoms with Crippen molar-refractivity contribution in [2.24, 2.45) is 0 Å². The molecule has 19 heavy (non-hydrogen) atoms. The molecule has 1 heterocycles. The van der Waals surface area contributed by atoms with Gasteiger partial charge in [-0.05, 0) is 33.6 Å². The van der Waals surface area contributed by atoms with E-state index in [1.54, 1.807) is 25.9 Å². The standard InChI is InChI=1S/C14H26N2O3/c1-6-7-11-12(17)15-14(3,4)13(18)16(11)10(2)8-9-19-5/h10-11H,6-9H2,1-5H3,(H,15,17).